The topological polar surface area (TPSA) is 33.1 Å². The van der Waals surface area contributed by atoms with Crippen LogP contribution in [0.3, 0.4) is 0 Å². The monoisotopic (exact) mass is 219 g/mol. The summed E-state index contributed by atoms with van der Waals surface area (Å²) in [5, 5.41) is 9.00. The third kappa shape index (κ3) is 1.97. The summed E-state index contributed by atoms with van der Waals surface area (Å²) < 4.78 is 13.2. The predicted octanol–water partition coefficient (Wildman–Crippen LogP) is 2.04. The lowest BCUT2D eigenvalue weighted by atomic mass is 10.2. The molecule has 1 heterocycles. The number of rotatable bonds is 1. The second kappa shape index (κ2) is 3.28. The van der Waals surface area contributed by atoms with Crippen LogP contribution < -0.4 is 0 Å². The molecular weight excluding hydrogens is 213 g/mol. The Morgan fingerprint density at radius 1 is 1.64 bits per heavy atom. The standard InChI is InChI=1S/C7H7BrFNO/c1-4(11)5-2-3-6(8)10-7(5)9/h2-4,11H,1H3. The molecule has 1 atom stereocenters. The highest BCUT2D eigenvalue weighted by molar-refractivity contribution is 9.10. The third-order valence-corrected chi connectivity index (χ3v) is 1.74. The summed E-state index contributed by atoms with van der Waals surface area (Å²) >= 11 is 3.01. The summed E-state index contributed by atoms with van der Waals surface area (Å²) in [6.45, 7) is 1.49. The van der Waals surface area contributed by atoms with Crippen LogP contribution in [0, 0.1) is 5.95 Å². The normalized spacial score (nSPS) is 13.1. The van der Waals surface area contributed by atoms with Crippen molar-refractivity contribution in [2.45, 2.75) is 13.0 Å². The molecule has 1 rings (SSSR count). The second-order valence-electron chi connectivity index (χ2n) is 2.19. The quantitative estimate of drug-likeness (QED) is 0.734. The first-order valence-corrected chi connectivity index (χ1v) is 3.90. The molecule has 0 radical (unpaired) electrons. The van der Waals surface area contributed by atoms with Crippen LogP contribution in [0.25, 0.3) is 0 Å². The zero-order valence-corrected chi connectivity index (χ0v) is 7.47. The molecule has 0 bridgehead atoms. The number of aliphatic hydroxyl groups excluding tert-OH is 1. The van der Waals surface area contributed by atoms with E-state index in [0.29, 0.717) is 4.60 Å². The minimum Gasteiger partial charge on any atom is -0.389 e. The minimum absolute atomic E-state index is 0.216. The van der Waals surface area contributed by atoms with E-state index in [1.165, 1.54) is 13.0 Å². The van der Waals surface area contributed by atoms with Crippen molar-refractivity contribution < 1.29 is 9.50 Å². The van der Waals surface area contributed by atoms with Crippen molar-refractivity contribution in [3.63, 3.8) is 0 Å². The smallest absolute Gasteiger partial charge is 0.219 e. The SMILES string of the molecule is CC(O)c1ccc(Br)nc1F. The maximum Gasteiger partial charge on any atom is 0.219 e. The van der Waals surface area contributed by atoms with Crippen molar-refractivity contribution >= 4 is 15.9 Å². The fourth-order valence-corrected chi connectivity index (χ4v) is 1.02. The van der Waals surface area contributed by atoms with Gasteiger partial charge in [-0.3, -0.25) is 0 Å². The highest BCUT2D eigenvalue weighted by atomic mass is 79.9. The summed E-state index contributed by atoms with van der Waals surface area (Å²) in [5.74, 6) is -0.630. The van der Waals surface area contributed by atoms with Gasteiger partial charge in [-0.15, -0.1) is 0 Å². The number of aromatic nitrogens is 1. The Bertz CT molecular complexity index is 265. The highest BCUT2D eigenvalue weighted by Crippen LogP contribution is 2.16. The summed E-state index contributed by atoms with van der Waals surface area (Å²) in [4.78, 5) is 3.48. The molecule has 1 unspecified atom stereocenters. The molecule has 0 amide bonds. The molecular formula is C7H7BrFNO. The van der Waals surface area contributed by atoms with Gasteiger partial charge in [0.25, 0.3) is 0 Å². The van der Waals surface area contributed by atoms with Crippen LogP contribution in [0.2, 0.25) is 0 Å². The average molecular weight is 220 g/mol. The van der Waals surface area contributed by atoms with Crippen LogP contribution in [0.5, 0.6) is 0 Å². The van der Waals surface area contributed by atoms with E-state index in [1.807, 2.05) is 0 Å². The number of halogens is 2. The van der Waals surface area contributed by atoms with E-state index in [1.54, 1.807) is 6.07 Å². The van der Waals surface area contributed by atoms with Crippen LogP contribution in [0.15, 0.2) is 16.7 Å². The van der Waals surface area contributed by atoms with Gasteiger partial charge in [0.05, 0.1) is 6.10 Å². The highest BCUT2D eigenvalue weighted by Gasteiger charge is 2.08. The maximum atomic E-state index is 12.8. The molecule has 1 N–H and O–H groups in total. The molecule has 0 saturated carbocycles. The Kier molecular flexibility index (Phi) is 2.57. The van der Waals surface area contributed by atoms with Gasteiger partial charge in [0, 0.05) is 5.56 Å². The molecule has 0 aromatic carbocycles. The molecule has 1 aromatic heterocycles. The molecule has 0 aliphatic carbocycles. The Labute approximate surface area is 72.2 Å². The number of pyridine rings is 1. The fourth-order valence-electron chi connectivity index (χ4n) is 0.735. The molecule has 11 heavy (non-hydrogen) atoms. The summed E-state index contributed by atoms with van der Waals surface area (Å²) in [5.41, 5.74) is 0.216. The molecule has 2 nitrogen and oxygen atoms in total. The van der Waals surface area contributed by atoms with Crippen LogP contribution in [-0.4, -0.2) is 10.1 Å². The van der Waals surface area contributed by atoms with Gasteiger partial charge in [-0.1, -0.05) is 0 Å². The molecule has 0 saturated heterocycles. The lowest BCUT2D eigenvalue weighted by molar-refractivity contribution is 0.193. The van der Waals surface area contributed by atoms with Crippen LogP contribution in [-0.2, 0) is 0 Å². The average Bonchev–Trinajstić information content (AvgIpc) is 1.85. The van der Waals surface area contributed by atoms with Gasteiger partial charge in [-0.05, 0) is 35.0 Å². The lowest BCUT2D eigenvalue weighted by Gasteiger charge is -2.04. The maximum absolute atomic E-state index is 12.8. The fraction of sp³-hybridized carbons (Fsp3) is 0.286. The van der Waals surface area contributed by atoms with Crippen LogP contribution in [0.4, 0.5) is 4.39 Å². The van der Waals surface area contributed by atoms with Gasteiger partial charge < -0.3 is 5.11 Å². The van der Waals surface area contributed by atoms with Crippen LogP contribution in [0.1, 0.15) is 18.6 Å². The van der Waals surface area contributed by atoms with E-state index < -0.39 is 12.1 Å². The molecule has 0 aliphatic rings. The first kappa shape index (κ1) is 8.62. The van der Waals surface area contributed by atoms with Crippen molar-refractivity contribution in [3.05, 3.63) is 28.2 Å². The van der Waals surface area contributed by atoms with Gasteiger partial charge in [0.1, 0.15) is 4.60 Å². The summed E-state index contributed by atoms with van der Waals surface area (Å²) in [6, 6.07) is 3.09. The van der Waals surface area contributed by atoms with Gasteiger partial charge in [0.2, 0.25) is 5.95 Å². The molecule has 4 heteroatoms. The van der Waals surface area contributed by atoms with Gasteiger partial charge >= 0.3 is 0 Å². The summed E-state index contributed by atoms with van der Waals surface area (Å²) in [7, 11) is 0. The third-order valence-electron chi connectivity index (χ3n) is 1.29. The Morgan fingerprint density at radius 2 is 2.27 bits per heavy atom. The molecule has 1 aromatic rings. The van der Waals surface area contributed by atoms with Crippen molar-refractivity contribution in [1.82, 2.24) is 4.98 Å². The zero-order valence-electron chi connectivity index (χ0n) is 5.88. The van der Waals surface area contributed by atoms with E-state index >= 15 is 0 Å². The molecule has 0 spiro atoms. The van der Waals surface area contributed by atoms with Crippen molar-refractivity contribution in [2.24, 2.45) is 0 Å². The van der Waals surface area contributed by atoms with E-state index in [-0.39, 0.29) is 5.56 Å². The lowest BCUT2D eigenvalue weighted by Crippen LogP contribution is -1.97. The Balaban J connectivity index is 3.09. The van der Waals surface area contributed by atoms with Gasteiger partial charge in [-0.25, -0.2) is 4.98 Å². The number of aliphatic hydroxyl groups is 1. The predicted molar refractivity (Wildman–Crippen MR) is 42.5 cm³/mol. The van der Waals surface area contributed by atoms with E-state index in [9.17, 15) is 4.39 Å². The number of hydrogen-bond donors (Lipinski definition) is 1. The molecule has 60 valence electrons. The first-order valence-electron chi connectivity index (χ1n) is 3.11. The number of hydrogen-bond acceptors (Lipinski definition) is 2. The van der Waals surface area contributed by atoms with Crippen LogP contribution >= 0.6 is 15.9 Å². The van der Waals surface area contributed by atoms with E-state index in [2.05, 4.69) is 20.9 Å². The van der Waals surface area contributed by atoms with E-state index in [0.717, 1.165) is 0 Å². The van der Waals surface area contributed by atoms with Crippen molar-refractivity contribution in [3.8, 4) is 0 Å². The van der Waals surface area contributed by atoms with Crippen molar-refractivity contribution in [1.29, 1.82) is 0 Å². The Morgan fingerprint density at radius 3 is 2.73 bits per heavy atom. The van der Waals surface area contributed by atoms with E-state index in [4.69, 9.17) is 5.11 Å². The second-order valence-corrected chi connectivity index (χ2v) is 3.00. The number of nitrogens with zero attached hydrogens (tertiary/aromatic N) is 1. The molecule has 0 fully saturated rings. The van der Waals surface area contributed by atoms with Crippen molar-refractivity contribution in [2.75, 3.05) is 0 Å². The largest absolute Gasteiger partial charge is 0.389 e. The minimum atomic E-state index is -0.810. The zero-order chi connectivity index (χ0) is 8.43. The van der Waals surface area contributed by atoms with Gasteiger partial charge in [0.15, 0.2) is 0 Å². The summed E-state index contributed by atoms with van der Waals surface area (Å²) in [6.07, 6.45) is -0.810. The van der Waals surface area contributed by atoms with Gasteiger partial charge in [-0.2, -0.15) is 4.39 Å². The molecule has 0 aliphatic heterocycles. The first-order chi connectivity index (χ1) is 5.11. The Hall–Kier alpha value is -0.480.